The highest BCUT2D eigenvalue weighted by atomic mass is 32.2. The van der Waals surface area contributed by atoms with Crippen LogP contribution in [0.25, 0.3) is 0 Å². The third kappa shape index (κ3) is 2.96. The maximum absolute atomic E-state index is 12.7. The van der Waals surface area contributed by atoms with E-state index in [9.17, 15) is 4.79 Å². The summed E-state index contributed by atoms with van der Waals surface area (Å²) in [6.45, 7) is 6.16. The van der Waals surface area contributed by atoms with Crippen LogP contribution in [0.2, 0.25) is 0 Å². The van der Waals surface area contributed by atoms with Crippen molar-refractivity contribution in [1.29, 1.82) is 0 Å². The quantitative estimate of drug-likeness (QED) is 0.474. The Morgan fingerprint density at radius 2 is 2.00 bits per heavy atom. The lowest BCUT2D eigenvalue weighted by molar-refractivity contribution is 0.102. The molecule has 0 unspecified atom stereocenters. The molecule has 1 aliphatic rings. The number of fused-ring (bicyclic) bond motifs is 1. The molecular weight excluding hydrogens is 268 g/mol. The molecule has 106 valence electrons. The largest absolute Gasteiger partial charge is 0.303 e. The molecule has 0 saturated heterocycles. The Kier molecular flexibility index (Phi) is 4.04. The molecule has 1 aliphatic heterocycles. The Hall–Kier alpha value is -1.55. The van der Waals surface area contributed by atoms with Gasteiger partial charge in [-0.1, -0.05) is 11.6 Å². The first-order chi connectivity index (χ1) is 9.31. The summed E-state index contributed by atoms with van der Waals surface area (Å²) in [4.78, 5) is 13.8. The minimum absolute atomic E-state index is 0.109. The van der Waals surface area contributed by atoms with Gasteiger partial charge in [0.2, 0.25) is 0 Å². The van der Waals surface area contributed by atoms with Gasteiger partial charge in [0.25, 0.3) is 0 Å². The molecule has 0 atom stereocenters. The van der Waals surface area contributed by atoms with Gasteiger partial charge in [0, 0.05) is 41.1 Å². The Morgan fingerprint density at radius 3 is 2.65 bits per heavy atom. The molecule has 0 N–H and O–H groups in total. The van der Waals surface area contributed by atoms with Crippen LogP contribution in [0.3, 0.4) is 0 Å². The van der Waals surface area contributed by atoms with Crippen LogP contribution in [0.4, 0.5) is 0 Å². The van der Waals surface area contributed by atoms with Crippen molar-refractivity contribution < 1.29 is 4.79 Å². The van der Waals surface area contributed by atoms with Crippen LogP contribution in [0.15, 0.2) is 39.8 Å². The molecule has 0 aromatic heterocycles. The Morgan fingerprint density at radius 1 is 1.30 bits per heavy atom. The van der Waals surface area contributed by atoms with Crippen LogP contribution in [-0.4, -0.2) is 35.8 Å². The summed E-state index contributed by atoms with van der Waals surface area (Å²) in [6, 6.07) is 6.06. The number of Topliss-reactive ketones (excluding diaryl/α,β-unsaturated/α-hetero) is 1. The van der Waals surface area contributed by atoms with Gasteiger partial charge in [-0.25, -0.2) is 0 Å². The third-order valence-electron chi connectivity index (χ3n) is 3.18. The fraction of sp³-hybridized carbons (Fsp3) is 0.375. The topological polar surface area (TPSA) is 32.7 Å². The molecule has 0 aliphatic carbocycles. The first-order valence-electron chi connectivity index (χ1n) is 6.58. The predicted molar refractivity (Wildman–Crippen MR) is 85.7 cm³/mol. The number of allylic oxidation sites excluding steroid dienone is 1. The minimum atomic E-state index is -0.238. The second-order valence-corrected chi connectivity index (χ2v) is 7.30. The number of nitrogens with zero attached hydrogens (tertiary/aromatic N) is 2. The summed E-state index contributed by atoms with van der Waals surface area (Å²) in [7, 11) is 3.71. The van der Waals surface area contributed by atoms with Gasteiger partial charge >= 0.3 is 0 Å². The zero-order valence-corrected chi connectivity index (χ0v) is 13.4. The second-order valence-electron chi connectivity index (χ2n) is 5.63. The second kappa shape index (κ2) is 5.44. The molecule has 0 amide bonds. The number of carbonyl (C=O) groups excluding carboxylic acids is 1. The van der Waals surface area contributed by atoms with Crippen LogP contribution < -0.4 is 0 Å². The van der Waals surface area contributed by atoms with E-state index in [1.54, 1.807) is 23.0 Å². The van der Waals surface area contributed by atoms with Gasteiger partial charge in [-0.2, -0.15) is 5.10 Å². The highest BCUT2D eigenvalue weighted by molar-refractivity contribution is 8.01. The normalized spacial score (nSPS) is 19.4. The number of carbonyl (C=O) groups is 1. The SMILES string of the molecule is Cc1ccc2c(c1)C(=O)/C(=C/C=N/N(C)C)C(C)(C)S2. The lowest BCUT2D eigenvalue weighted by atomic mass is 9.92. The third-order valence-corrected chi connectivity index (χ3v) is 4.48. The average molecular weight is 288 g/mol. The highest BCUT2D eigenvalue weighted by Crippen LogP contribution is 2.45. The standard InChI is InChI=1S/C16H20N2OS/c1-11-6-7-14-12(10-11)15(19)13(16(2,3)20-14)8-9-17-18(4)5/h6-10H,1-5H3/b13-8-,17-9+. The minimum Gasteiger partial charge on any atom is -0.303 e. The molecule has 2 rings (SSSR count). The van der Waals surface area contributed by atoms with E-state index in [4.69, 9.17) is 0 Å². The van der Waals surface area contributed by atoms with Gasteiger partial charge in [-0.05, 0) is 39.0 Å². The molecule has 3 nitrogen and oxygen atoms in total. The van der Waals surface area contributed by atoms with Gasteiger partial charge in [0.1, 0.15) is 0 Å². The molecular formula is C16H20N2OS. The van der Waals surface area contributed by atoms with Crippen molar-refractivity contribution in [2.24, 2.45) is 5.10 Å². The van der Waals surface area contributed by atoms with Gasteiger partial charge in [-0.15, -0.1) is 11.8 Å². The molecule has 0 spiro atoms. The number of hydrogen-bond acceptors (Lipinski definition) is 4. The zero-order valence-electron chi connectivity index (χ0n) is 12.6. The van der Waals surface area contributed by atoms with E-state index in [2.05, 4.69) is 25.0 Å². The van der Waals surface area contributed by atoms with E-state index in [-0.39, 0.29) is 10.5 Å². The van der Waals surface area contributed by atoms with Crippen molar-refractivity contribution in [3.63, 3.8) is 0 Å². The van der Waals surface area contributed by atoms with Crippen LogP contribution in [-0.2, 0) is 0 Å². The highest BCUT2D eigenvalue weighted by Gasteiger charge is 2.36. The molecule has 0 saturated carbocycles. The number of ketones is 1. The van der Waals surface area contributed by atoms with E-state index in [1.165, 1.54) is 0 Å². The van der Waals surface area contributed by atoms with Crippen LogP contribution in [0, 0.1) is 6.92 Å². The molecule has 1 aromatic rings. The molecule has 4 heteroatoms. The number of rotatable bonds is 2. The smallest absolute Gasteiger partial charge is 0.191 e. The first-order valence-corrected chi connectivity index (χ1v) is 7.39. The van der Waals surface area contributed by atoms with Crippen molar-refractivity contribution in [3.8, 4) is 0 Å². The van der Waals surface area contributed by atoms with Crippen molar-refractivity contribution in [2.75, 3.05) is 14.1 Å². The van der Waals surface area contributed by atoms with E-state index in [0.717, 1.165) is 21.6 Å². The Balaban J connectivity index is 2.46. The lowest BCUT2D eigenvalue weighted by Gasteiger charge is -2.32. The summed E-state index contributed by atoms with van der Waals surface area (Å²) >= 11 is 1.73. The maximum atomic E-state index is 12.7. The zero-order chi connectivity index (χ0) is 14.9. The van der Waals surface area contributed by atoms with E-state index in [1.807, 2.05) is 39.2 Å². The molecule has 0 bridgehead atoms. The molecule has 0 fully saturated rings. The summed E-state index contributed by atoms with van der Waals surface area (Å²) < 4.78 is -0.238. The Bertz CT molecular complexity index is 600. The maximum Gasteiger partial charge on any atom is 0.191 e. The number of benzene rings is 1. The fourth-order valence-electron chi connectivity index (χ4n) is 2.18. The number of thioether (sulfide) groups is 1. The molecule has 0 radical (unpaired) electrons. The number of hydrazone groups is 1. The van der Waals surface area contributed by atoms with E-state index >= 15 is 0 Å². The van der Waals surface area contributed by atoms with Gasteiger partial charge in [0.15, 0.2) is 5.78 Å². The van der Waals surface area contributed by atoms with E-state index in [0.29, 0.717) is 0 Å². The first kappa shape index (κ1) is 14.9. The van der Waals surface area contributed by atoms with Crippen LogP contribution in [0.5, 0.6) is 0 Å². The van der Waals surface area contributed by atoms with E-state index < -0.39 is 0 Å². The Labute approximate surface area is 124 Å². The monoisotopic (exact) mass is 288 g/mol. The summed E-state index contributed by atoms with van der Waals surface area (Å²) in [5.41, 5.74) is 2.71. The van der Waals surface area contributed by atoms with Crippen molar-refractivity contribution in [1.82, 2.24) is 5.01 Å². The predicted octanol–water partition coefficient (Wildman–Crippen LogP) is 3.54. The number of aryl methyl sites for hydroxylation is 1. The van der Waals surface area contributed by atoms with Crippen molar-refractivity contribution in [3.05, 3.63) is 41.0 Å². The van der Waals surface area contributed by atoms with Crippen molar-refractivity contribution >= 4 is 23.8 Å². The van der Waals surface area contributed by atoms with Gasteiger partial charge < -0.3 is 5.01 Å². The van der Waals surface area contributed by atoms with Gasteiger partial charge in [-0.3, -0.25) is 4.79 Å². The van der Waals surface area contributed by atoms with Crippen LogP contribution in [0.1, 0.15) is 29.8 Å². The number of hydrogen-bond donors (Lipinski definition) is 0. The summed E-state index contributed by atoms with van der Waals surface area (Å²) in [6.07, 6.45) is 3.52. The molecule has 20 heavy (non-hydrogen) atoms. The molecule has 1 heterocycles. The van der Waals surface area contributed by atoms with Gasteiger partial charge in [0.05, 0.1) is 0 Å². The average Bonchev–Trinajstić information content (AvgIpc) is 2.34. The fourth-order valence-corrected chi connectivity index (χ4v) is 3.39. The van der Waals surface area contributed by atoms with Crippen molar-refractivity contribution in [2.45, 2.75) is 30.4 Å². The van der Waals surface area contributed by atoms with Crippen LogP contribution >= 0.6 is 11.8 Å². The lowest BCUT2D eigenvalue weighted by Crippen LogP contribution is -2.29. The summed E-state index contributed by atoms with van der Waals surface area (Å²) in [5, 5.41) is 5.87. The summed E-state index contributed by atoms with van der Waals surface area (Å²) in [5.74, 6) is 0.109. The molecule has 1 aromatic carbocycles.